The van der Waals surface area contributed by atoms with Crippen LogP contribution in [0.15, 0.2) is 81.7 Å². The molecule has 0 aliphatic heterocycles. The van der Waals surface area contributed by atoms with Crippen LogP contribution in [0.3, 0.4) is 0 Å². The van der Waals surface area contributed by atoms with E-state index in [1.54, 1.807) is 0 Å². The average Bonchev–Trinajstić information content (AvgIpc) is 2.73. The summed E-state index contributed by atoms with van der Waals surface area (Å²) in [5.74, 6) is 0. The molecule has 4 heteroatoms. The molecule has 0 spiro atoms. The summed E-state index contributed by atoms with van der Waals surface area (Å²) in [5.41, 5.74) is 3.85. The third-order valence-electron chi connectivity index (χ3n) is 5.81. The van der Waals surface area contributed by atoms with Crippen LogP contribution in [-0.4, -0.2) is 10.2 Å². The Hall–Kier alpha value is -1.98. The third-order valence-corrected chi connectivity index (χ3v) is 7.13. The summed E-state index contributed by atoms with van der Waals surface area (Å²) in [6, 6.07) is 24.3. The van der Waals surface area contributed by atoms with Gasteiger partial charge in [0.15, 0.2) is 0 Å². The van der Waals surface area contributed by atoms with Crippen LogP contribution in [0.2, 0.25) is 0 Å². The Bertz CT molecular complexity index is 1210. The predicted octanol–water partition coefficient (Wildman–Crippen LogP) is 8.15. The fourth-order valence-corrected chi connectivity index (χ4v) is 5.45. The van der Waals surface area contributed by atoms with Crippen LogP contribution in [0.5, 0.6) is 0 Å². The zero-order valence-corrected chi connectivity index (χ0v) is 21.8. The molecular weight excluding hydrogens is 528 g/mol. The Morgan fingerprint density at radius 3 is 1.19 bits per heavy atom. The molecule has 0 heterocycles. The minimum atomic E-state index is -0.979. The number of aliphatic hydroxyl groups is 2. The number of fused-ring (bicyclic) bond motifs is 1. The molecule has 0 atom stereocenters. The molecule has 164 valence electrons. The molecule has 0 aromatic heterocycles. The van der Waals surface area contributed by atoms with E-state index in [4.69, 9.17) is 0 Å². The first-order chi connectivity index (χ1) is 15.0. The second-order valence-corrected chi connectivity index (χ2v) is 10.9. The van der Waals surface area contributed by atoms with Crippen molar-refractivity contribution >= 4 is 42.6 Å². The predicted molar refractivity (Wildman–Crippen MR) is 141 cm³/mol. The first-order valence-electron chi connectivity index (χ1n) is 10.6. The summed E-state index contributed by atoms with van der Waals surface area (Å²) in [4.78, 5) is 0. The molecule has 4 aromatic carbocycles. The smallest absolute Gasteiger partial charge is 0.0846 e. The van der Waals surface area contributed by atoms with Gasteiger partial charge in [-0.2, -0.15) is 0 Å². The van der Waals surface area contributed by atoms with Gasteiger partial charge in [0.05, 0.1) is 11.2 Å². The van der Waals surface area contributed by atoms with Crippen molar-refractivity contribution in [1.29, 1.82) is 0 Å². The van der Waals surface area contributed by atoms with Crippen LogP contribution < -0.4 is 0 Å². The van der Waals surface area contributed by atoms with E-state index in [2.05, 4.69) is 68.3 Å². The second kappa shape index (κ2) is 8.42. The lowest BCUT2D eigenvalue weighted by molar-refractivity contribution is 0.0786. The molecular formula is C28H26Br2O2. The quantitative estimate of drug-likeness (QED) is 0.267. The maximum Gasteiger partial charge on any atom is 0.0846 e. The highest BCUT2D eigenvalue weighted by molar-refractivity contribution is 9.11. The number of benzene rings is 4. The van der Waals surface area contributed by atoms with Crippen LogP contribution in [0.1, 0.15) is 38.8 Å². The van der Waals surface area contributed by atoms with Crippen LogP contribution in [0.25, 0.3) is 33.0 Å². The Morgan fingerprint density at radius 2 is 0.844 bits per heavy atom. The van der Waals surface area contributed by atoms with Crippen LogP contribution in [0.4, 0.5) is 0 Å². The summed E-state index contributed by atoms with van der Waals surface area (Å²) in [7, 11) is 0. The van der Waals surface area contributed by atoms with Gasteiger partial charge in [-0.05, 0) is 73.2 Å². The summed E-state index contributed by atoms with van der Waals surface area (Å²) < 4.78 is 1.94. The van der Waals surface area contributed by atoms with Gasteiger partial charge in [-0.25, -0.2) is 0 Å². The van der Waals surface area contributed by atoms with Gasteiger partial charge in [0.25, 0.3) is 0 Å². The number of halogens is 2. The lowest BCUT2D eigenvalue weighted by atomic mass is 9.84. The lowest BCUT2D eigenvalue weighted by Gasteiger charge is -2.25. The third kappa shape index (κ3) is 4.17. The van der Waals surface area contributed by atoms with Crippen LogP contribution in [-0.2, 0) is 11.2 Å². The molecule has 2 N–H and O–H groups in total. The molecule has 0 unspecified atom stereocenters. The van der Waals surface area contributed by atoms with Crippen LogP contribution >= 0.6 is 31.9 Å². The minimum absolute atomic E-state index is 0.873. The van der Waals surface area contributed by atoms with E-state index in [0.29, 0.717) is 0 Å². The molecule has 0 saturated carbocycles. The number of rotatable bonds is 4. The first kappa shape index (κ1) is 23.2. The van der Waals surface area contributed by atoms with Crippen molar-refractivity contribution in [2.75, 3.05) is 0 Å². The summed E-state index contributed by atoms with van der Waals surface area (Å²) in [5, 5.41) is 23.8. The van der Waals surface area contributed by atoms with E-state index in [-0.39, 0.29) is 0 Å². The zero-order chi connectivity index (χ0) is 23.3. The van der Waals surface area contributed by atoms with Gasteiger partial charge < -0.3 is 10.2 Å². The summed E-state index contributed by atoms with van der Waals surface area (Å²) >= 11 is 7.57. The zero-order valence-electron chi connectivity index (χ0n) is 18.6. The van der Waals surface area contributed by atoms with Crippen molar-refractivity contribution in [2.45, 2.75) is 38.9 Å². The van der Waals surface area contributed by atoms with E-state index >= 15 is 0 Å². The van der Waals surface area contributed by atoms with E-state index in [1.807, 2.05) is 64.1 Å². The Balaban J connectivity index is 2.12. The standard InChI is InChI=1S/C28H26Br2O2/c1-27(2,31)21-11-7-5-9-17(21)19-13-15-24(30)26-20(14-16-23(29)25(19)26)18-10-6-8-12-22(18)28(3,4)32/h5-16,31-32H,1-4H3. The molecule has 4 rings (SSSR count). The summed E-state index contributed by atoms with van der Waals surface area (Å²) in [6.07, 6.45) is 0. The molecule has 32 heavy (non-hydrogen) atoms. The highest BCUT2D eigenvalue weighted by Gasteiger charge is 2.25. The Kier molecular flexibility index (Phi) is 6.10. The molecule has 2 nitrogen and oxygen atoms in total. The number of hydrogen-bond donors (Lipinski definition) is 2. The molecule has 0 fully saturated rings. The van der Waals surface area contributed by atoms with Crippen molar-refractivity contribution in [1.82, 2.24) is 0 Å². The van der Waals surface area contributed by atoms with E-state index in [0.717, 1.165) is 53.1 Å². The second-order valence-electron chi connectivity index (χ2n) is 9.15. The Labute approximate surface area is 206 Å². The van der Waals surface area contributed by atoms with Gasteiger partial charge in [-0.1, -0.05) is 92.5 Å². The largest absolute Gasteiger partial charge is 0.386 e. The monoisotopic (exact) mass is 552 g/mol. The molecule has 0 bridgehead atoms. The maximum atomic E-state index is 10.8. The molecule has 0 aliphatic carbocycles. The van der Waals surface area contributed by atoms with E-state index in [9.17, 15) is 10.2 Å². The minimum Gasteiger partial charge on any atom is -0.386 e. The van der Waals surface area contributed by atoms with Gasteiger partial charge >= 0.3 is 0 Å². The van der Waals surface area contributed by atoms with Crippen LogP contribution in [0, 0.1) is 0 Å². The lowest BCUT2D eigenvalue weighted by Crippen LogP contribution is -2.17. The normalized spacial score (nSPS) is 12.4. The van der Waals surface area contributed by atoms with Gasteiger partial charge in [-0.3, -0.25) is 0 Å². The van der Waals surface area contributed by atoms with Crippen molar-refractivity contribution in [3.63, 3.8) is 0 Å². The van der Waals surface area contributed by atoms with Crippen molar-refractivity contribution < 1.29 is 10.2 Å². The first-order valence-corrected chi connectivity index (χ1v) is 12.1. The highest BCUT2D eigenvalue weighted by atomic mass is 79.9. The number of hydrogen-bond acceptors (Lipinski definition) is 2. The SMILES string of the molecule is CC(C)(O)c1ccccc1-c1ccc(Br)c2c(-c3ccccc3C(C)(C)O)ccc(Br)c12. The van der Waals surface area contributed by atoms with Crippen molar-refractivity contribution in [3.8, 4) is 22.3 Å². The highest BCUT2D eigenvalue weighted by Crippen LogP contribution is 2.46. The summed E-state index contributed by atoms with van der Waals surface area (Å²) in [6.45, 7) is 7.25. The molecule has 0 aliphatic rings. The fourth-order valence-electron chi connectivity index (χ4n) is 4.36. The van der Waals surface area contributed by atoms with Gasteiger partial charge in [0.1, 0.15) is 0 Å². The fraction of sp³-hybridized carbons (Fsp3) is 0.214. The van der Waals surface area contributed by atoms with Gasteiger partial charge in [0.2, 0.25) is 0 Å². The Morgan fingerprint density at radius 1 is 0.500 bits per heavy atom. The van der Waals surface area contributed by atoms with E-state index in [1.165, 1.54) is 0 Å². The maximum absolute atomic E-state index is 10.8. The van der Waals surface area contributed by atoms with Crippen molar-refractivity contribution in [2.24, 2.45) is 0 Å². The average molecular weight is 554 g/mol. The van der Waals surface area contributed by atoms with Gasteiger partial charge in [0, 0.05) is 19.7 Å². The van der Waals surface area contributed by atoms with E-state index < -0.39 is 11.2 Å². The molecule has 4 aromatic rings. The topological polar surface area (TPSA) is 40.5 Å². The molecule has 0 amide bonds. The van der Waals surface area contributed by atoms with Gasteiger partial charge in [-0.15, -0.1) is 0 Å². The molecule has 0 saturated heterocycles. The molecule has 0 radical (unpaired) electrons. The van der Waals surface area contributed by atoms with Crippen molar-refractivity contribution in [3.05, 3.63) is 92.9 Å².